The van der Waals surface area contributed by atoms with Crippen molar-refractivity contribution in [3.05, 3.63) is 35.9 Å². The molecule has 1 aliphatic rings. The van der Waals surface area contributed by atoms with E-state index >= 15 is 0 Å². The fraction of sp³-hybridized carbons (Fsp3) is 0.467. The van der Waals surface area contributed by atoms with E-state index < -0.39 is 12.0 Å². The van der Waals surface area contributed by atoms with E-state index in [-0.39, 0.29) is 18.6 Å². The summed E-state index contributed by atoms with van der Waals surface area (Å²) >= 11 is 0. The van der Waals surface area contributed by atoms with Crippen LogP contribution < -0.4 is 5.32 Å². The highest BCUT2D eigenvalue weighted by Gasteiger charge is 2.29. The maximum atomic E-state index is 12.1. The smallest absolute Gasteiger partial charge is 0.326 e. The first-order chi connectivity index (χ1) is 10.1. The molecule has 2 N–H and O–H groups in total. The summed E-state index contributed by atoms with van der Waals surface area (Å²) in [7, 11) is 1.61. The number of carbonyl (C=O) groups excluding carboxylic acids is 1. The summed E-state index contributed by atoms with van der Waals surface area (Å²) in [5.74, 6) is -1.03. The van der Waals surface area contributed by atoms with Crippen molar-refractivity contribution < 1.29 is 19.4 Å². The molecular formula is C15H20N2O4. The van der Waals surface area contributed by atoms with Crippen LogP contribution in [-0.2, 0) is 16.0 Å². The number of amides is 2. The molecule has 2 amide bonds. The van der Waals surface area contributed by atoms with Crippen molar-refractivity contribution in [2.75, 3.05) is 20.2 Å². The first-order valence-corrected chi connectivity index (χ1v) is 6.95. The number of ether oxygens (including phenoxy) is 1. The van der Waals surface area contributed by atoms with Crippen molar-refractivity contribution in [2.24, 2.45) is 0 Å². The van der Waals surface area contributed by atoms with Gasteiger partial charge < -0.3 is 20.1 Å². The molecule has 1 fully saturated rings. The van der Waals surface area contributed by atoms with E-state index in [0.717, 1.165) is 12.0 Å². The molecule has 2 rings (SSSR count). The Labute approximate surface area is 123 Å². The molecule has 6 heteroatoms. The van der Waals surface area contributed by atoms with E-state index in [1.54, 1.807) is 12.0 Å². The molecule has 1 saturated heterocycles. The van der Waals surface area contributed by atoms with Crippen LogP contribution in [0.1, 0.15) is 12.0 Å². The zero-order valence-corrected chi connectivity index (χ0v) is 12.0. The molecule has 1 aromatic rings. The molecule has 2 atom stereocenters. The number of benzene rings is 1. The van der Waals surface area contributed by atoms with Gasteiger partial charge in [-0.05, 0) is 12.0 Å². The quantitative estimate of drug-likeness (QED) is 0.852. The van der Waals surface area contributed by atoms with E-state index in [1.165, 1.54) is 0 Å². The third-order valence-electron chi connectivity index (χ3n) is 3.64. The molecule has 0 saturated carbocycles. The molecule has 0 bridgehead atoms. The Morgan fingerprint density at radius 2 is 2.14 bits per heavy atom. The molecule has 0 aromatic heterocycles. The van der Waals surface area contributed by atoms with Crippen LogP contribution in [0.3, 0.4) is 0 Å². The van der Waals surface area contributed by atoms with Gasteiger partial charge in [-0.15, -0.1) is 0 Å². The third-order valence-corrected chi connectivity index (χ3v) is 3.64. The summed E-state index contributed by atoms with van der Waals surface area (Å²) in [6, 6.07) is 7.98. The second-order valence-electron chi connectivity index (χ2n) is 5.12. The van der Waals surface area contributed by atoms with Crippen LogP contribution in [-0.4, -0.2) is 54.4 Å². The van der Waals surface area contributed by atoms with Gasteiger partial charge in [0, 0.05) is 26.6 Å². The Morgan fingerprint density at radius 3 is 2.71 bits per heavy atom. The SMILES string of the molecule is COC1CCN(C(=O)N[C@H](Cc2ccccc2)C(=O)O)C1. The van der Waals surface area contributed by atoms with Crippen LogP contribution in [0.25, 0.3) is 0 Å². The van der Waals surface area contributed by atoms with Crippen molar-refractivity contribution in [1.82, 2.24) is 10.2 Å². The number of hydrogen-bond acceptors (Lipinski definition) is 3. The van der Waals surface area contributed by atoms with Crippen LogP contribution in [0.15, 0.2) is 30.3 Å². The number of carboxylic acids is 1. The Bertz CT molecular complexity index is 492. The fourth-order valence-corrected chi connectivity index (χ4v) is 2.40. The van der Waals surface area contributed by atoms with Gasteiger partial charge in [0.25, 0.3) is 0 Å². The predicted molar refractivity (Wildman–Crippen MR) is 77.1 cm³/mol. The molecule has 1 aliphatic heterocycles. The minimum atomic E-state index is -1.03. The van der Waals surface area contributed by atoms with Gasteiger partial charge in [-0.25, -0.2) is 9.59 Å². The summed E-state index contributed by atoms with van der Waals surface area (Å²) in [5, 5.41) is 11.8. The number of urea groups is 1. The van der Waals surface area contributed by atoms with Gasteiger partial charge in [0.05, 0.1) is 6.10 Å². The van der Waals surface area contributed by atoms with E-state index in [2.05, 4.69) is 5.32 Å². The average molecular weight is 292 g/mol. The Hall–Kier alpha value is -2.08. The molecular weight excluding hydrogens is 272 g/mol. The maximum Gasteiger partial charge on any atom is 0.326 e. The summed E-state index contributed by atoms with van der Waals surface area (Å²) in [5.41, 5.74) is 0.876. The van der Waals surface area contributed by atoms with Gasteiger partial charge in [-0.2, -0.15) is 0 Å². The zero-order chi connectivity index (χ0) is 15.2. The lowest BCUT2D eigenvalue weighted by Gasteiger charge is -2.21. The predicted octanol–water partition coefficient (Wildman–Crippen LogP) is 1.11. The number of nitrogens with zero attached hydrogens (tertiary/aromatic N) is 1. The van der Waals surface area contributed by atoms with E-state index in [1.807, 2.05) is 30.3 Å². The summed E-state index contributed by atoms with van der Waals surface area (Å²) < 4.78 is 5.20. The number of aliphatic carboxylic acids is 1. The highest BCUT2D eigenvalue weighted by Crippen LogP contribution is 2.12. The Balaban J connectivity index is 1.94. The van der Waals surface area contributed by atoms with Crippen LogP contribution in [0.4, 0.5) is 4.79 Å². The summed E-state index contributed by atoms with van der Waals surface area (Å²) in [4.78, 5) is 25.0. The maximum absolute atomic E-state index is 12.1. The first-order valence-electron chi connectivity index (χ1n) is 6.95. The lowest BCUT2D eigenvalue weighted by molar-refractivity contribution is -0.139. The number of methoxy groups -OCH3 is 1. The minimum absolute atomic E-state index is 0.0353. The van der Waals surface area contributed by atoms with Gasteiger partial charge >= 0.3 is 12.0 Å². The van der Waals surface area contributed by atoms with Crippen LogP contribution >= 0.6 is 0 Å². The lowest BCUT2D eigenvalue weighted by atomic mass is 10.1. The average Bonchev–Trinajstić information content (AvgIpc) is 2.96. The number of carboxylic acid groups (broad SMARTS) is 1. The normalized spacial score (nSPS) is 19.3. The fourth-order valence-electron chi connectivity index (χ4n) is 2.40. The van der Waals surface area contributed by atoms with Gasteiger partial charge in [-0.1, -0.05) is 30.3 Å². The van der Waals surface area contributed by atoms with E-state index in [9.17, 15) is 14.7 Å². The molecule has 0 radical (unpaired) electrons. The minimum Gasteiger partial charge on any atom is -0.480 e. The summed E-state index contributed by atoms with van der Waals surface area (Å²) in [6.07, 6.45) is 1.08. The molecule has 0 spiro atoms. The molecule has 114 valence electrons. The lowest BCUT2D eigenvalue weighted by Crippen LogP contribution is -2.48. The molecule has 6 nitrogen and oxygen atoms in total. The second-order valence-corrected chi connectivity index (χ2v) is 5.12. The molecule has 0 aliphatic carbocycles. The van der Waals surface area contributed by atoms with Crippen molar-refractivity contribution in [3.63, 3.8) is 0 Å². The monoisotopic (exact) mass is 292 g/mol. The van der Waals surface area contributed by atoms with Gasteiger partial charge in [0.15, 0.2) is 0 Å². The largest absolute Gasteiger partial charge is 0.480 e. The number of rotatable bonds is 5. The molecule has 21 heavy (non-hydrogen) atoms. The van der Waals surface area contributed by atoms with Crippen molar-refractivity contribution in [1.29, 1.82) is 0 Å². The van der Waals surface area contributed by atoms with E-state index in [0.29, 0.717) is 13.1 Å². The van der Waals surface area contributed by atoms with Gasteiger partial charge in [0.2, 0.25) is 0 Å². The van der Waals surface area contributed by atoms with Crippen LogP contribution in [0.2, 0.25) is 0 Å². The number of likely N-dealkylation sites (tertiary alicyclic amines) is 1. The third kappa shape index (κ3) is 4.19. The molecule has 1 unspecified atom stereocenters. The summed E-state index contributed by atoms with van der Waals surface area (Å²) in [6.45, 7) is 1.09. The highest BCUT2D eigenvalue weighted by molar-refractivity contribution is 5.83. The van der Waals surface area contributed by atoms with E-state index in [4.69, 9.17) is 4.74 Å². The standard InChI is InChI=1S/C15H20N2O4/c1-21-12-7-8-17(10-12)15(20)16-13(14(18)19)9-11-5-3-2-4-6-11/h2-6,12-13H,7-10H2,1H3,(H,16,20)(H,18,19)/t12?,13-/m1/s1. The van der Waals surface area contributed by atoms with Crippen molar-refractivity contribution in [3.8, 4) is 0 Å². The Morgan fingerprint density at radius 1 is 1.43 bits per heavy atom. The molecule has 1 aromatic carbocycles. The van der Waals surface area contributed by atoms with Gasteiger partial charge in [-0.3, -0.25) is 0 Å². The van der Waals surface area contributed by atoms with Crippen molar-refractivity contribution in [2.45, 2.75) is 25.0 Å². The van der Waals surface area contributed by atoms with Crippen molar-refractivity contribution >= 4 is 12.0 Å². The number of nitrogens with one attached hydrogen (secondary N) is 1. The molecule has 1 heterocycles. The number of carbonyl (C=O) groups is 2. The Kier molecular flexibility index (Phi) is 5.16. The first kappa shape index (κ1) is 15.3. The number of hydrogen-bond donors (Lipinski definition) is 2. The topological polar surface area (TPSA) is 78.9 Å². The zero-order valence-electron chi connectivity index (χ0n) is 12.0. The van der Waals surface area contributed by atoms with Gasteiger partial charge in [0.1, 0.15) is 6.04 Å². The van der Waals surface area contributed by atoms with Crippen LogP contribution in [0, 0.1) is 0 Å². The van der Waals surface area contributed by atoms with Crippen LogP contribution in [0.5, 0.6) is 0 Å². The highest BCUT2D eigenvalue weighted by atomic mass is 16.5. The second kappa shape index (κ2) is 7.08.